The van der Waals surface area contributed by atoms with Gasteiger partial charge in [-0.05, 0) is 43.0 Å². The summed E-state index contributed by atoms with van der Waals surface area (Å²) < 4.78 is 13.0. The van der Waals surface area contributed by atoms with Gasteiger partial charge in [-0.25, -0.2) is 4.39 Å². The average Bonchev–Trinajstić information content (AvgIpc) is 2.25. The van der Waals surface area contributed by atoms with Crippen molar-refractivity contribution in [3.05, 3.63) is 35.6 Å². The van der Waals surface area contributed by atoms with E-state index in [9.17, 15) is 4.39 Å². The molecule has 0 heterocycles. The van der Waals surface area contributed by atoms with Crippen molar-refractivity contribution < 1.29 is 4.39 Å². The minimum absolute atomic E-state index is 0.138. The molecular formula is C14H22FN. The van der Waals surface area contributed by atoms with Crippen molar-refractivity contribution in [1.29, 1.82) is 0 Å². The molecule has 0 aliphatic heterocycles. The second kappa shape index (κ2) is 6.64. The van der Waals surface area contributed by atoms with Gasteiger partial charge in [0.25, 0.3) is 0 Å². The Morgan fingerprint density at radius 1 is 1.31 bits per heavy atom. The van der Waals surface area contributed by atoms with Gasteiger partial charge in [0.1, 0.15) is 5.82 Å². The molecule has 16 heavy (non-hydrogen) atoms. The average molecular weight is 223 g/mol. The molecule has 0 aliphatic rings. The summed E-state index contributed by atoms with van der Waals surface area (Å²) in [5.41, 5.74) is 1.09. The van der Waals surface area contributed by atoms with Crippen molar-refractivity contribution in [1.82, 2.24) is 5.32 Å². The largest absolute Gasteiger partial charge is 0.314 e. The summed E-state index contributed by atoms with van der Waals surface area (Å²) in [7, 11) is 0. The molecule has 0 radical (unpaired) electrons. The maximum Gasteiger partial charge on any atom is 0.123 e. The van der Waals surface area contributed by atoms with Crippen molar-refractivity contribution in [2.45, 2.75) is 39.7 Å². The van der Waals surface area contributed by atoms with E-state index in [0.717, 1.165) is 24.9 Å². The number of hydrogen-bond donors (Lipinski definition) is 1. The predicted octanol–water partition coefficient (Wildman–Crippen LogP) is 3.39. The Morgan fingerprint density at radius 3 is 2.62 bits per heavy atom. The van der Waals surface area contributed by atoms with Gasteiger partial charge >= 0.3 is 0 Å². The predicted molar refractivity (Wildman–Crippen MR) is 67.0 cm³/mol. The van der Waals surface area contributed by atoms with E-state index in [4.69, 9.17) is 0 Å². The van der Waals surface area contributed by atoms with E-state index in [1.54, 1.807) is 12.1 Å². The molecular weight excluding hydrogens is 201 g/mol. The van der Waals surface area contributed by atoms with E-state index in [0.29, 0.717) is 12.0 Å². The van der Waals surface area contributed by atoms with Crippen LogP contribution in [0.15, 0.2) is 24.3 Å². The van der Waals surface area contributed by atoms with Gasteiger partial charge in [-0.1, -0.05) is 32.9 Å². The summed E-state index contributed by atoms with van der Waals surface area (Å²) in [6.45, 7) is 7.53. The summed E-state index contributed by atoms with van der Waals surface area (Å²) in [6, 6.07) is 7.43. The third-order valence-corrected chi connectivity index (χ3v) is 3.04. The van der Waals surface area contributed by atoms with Crippen LogP contribution in [0.1, 0.15) is 32.8 Å². The van der Waals surface area contributed by atoms with E-state index >= 15 is 0 Å². The van der Waals surface area contributed by atoms with Crippen LogP contribution in [0.3, 0.4) is 0 Å². The molecule has 1 aromatic rings. The van der Waals surface area contributed by atoms with Crippen LogP contribution in [-0.4, -0.2) is 12.6 Å². The van der Waals surface area contributed by atoms with Gasteiger partial charge in [-0.15, -0.1) is 0 Å². The maximum absolute atomic E-state index is 13.0. The van der Waals surface area contributed by atoms with E-state index in [1.807, 2.05) is 6.07 Å². The summed E-state index contributed by atoms with van der Waals surface area (Å²) >= 11 is 0. The lowest BCUT2D eigenvalue weighted by Gasteiger charge is -2.23. The van der Waals surface area contributed by atoms with Crippen LogP contribution in [0.5, 0.6) is 0 Å². The van der Waals surface area contributed by atoms with E-state index in [-0.39, 0.29) is 5.82 Å². The lowest BCUT2D eigenvalue weighted by atomic mass is 9.92. The molecule has 1 N–H and O–H groups in total. The Kier molecular flexibility index (Phi) is 5.47. The number of halogens is 1. The highest BCUT2D eigenvalue weighted by atomic mass is 19.1. The Hall–Kier alpha value is -0.890. The third kappa shape index (κ3) is 3.93. The zero-order valence-corrected chi connectivity index (χ0v) is 10.5. The van der Waals surface area contributed by atoms with Crippen LogP contribution in [0, 0.1) is 11.7 Å². The van der Waals surface area contributed by atoms with Crippen LogP contribution in [0.4, 0.5) is 4.39 Å². The van der Waals surface area contributed by atoms with Crippen molar-refractivity contribution in [2.75, 3.05) is 6.54 Å². The quantitative estimate of drug-likeness (QED) is 0.779. The molecule has 0 amide bonds. The van der Waals surface area contributed by atoms with Gasteiger partial charge in [0.15, 0.2) is 0 Å². The van der Waals surface area contributed by atoms with E-state index < -0.39 is 0 Å². The maximum atomic E-state index is 13.0. The Balaban J connectivity index is 2.58. The zero-order valence-electron chi connectivity index (χ0n) is 10.5. The summed E-state index contributed by atoms with van der Waals surface area (Å²) in [5, 5.41) is 3.47. The molecule has 2 unspecified atom stereocenters. The Labute approximate surface area is 98.1 Å². The molecule has 0 fully saturated rings. The Bertz CT molecular complexity index is 311. The van der Waals surface area contributed by atoms with E-state index in [2.05, 4.69) is 26.1 Å². The highest BCUT2D eigenvalue weighted by Gasteiger charge is 2.14. The molecule has 1 aromatic carbocycles. The first-order valence-electron chi connectivity index (χ1n) is 6.15. The van der Waals surface area contributed by atoms with Crippen LogP contribution < -0.4 is 5.32 Å². The molecule has 0 saturated carbocycles. The molecule has 1 rings (SSSR count). The molecule has 0 spiro atoms. The van der Waals surface area contributed by atoms with Crippen LogP contribution in [0.2, 0.25) is 0 Å². The van der Waals surface area contributed by atoms with Gasteiger partial charge < -0.3 is 5.32 Å². The molecule has 2 heteroatoms. The summed E-state index contributed by atoms with van der Waals surface area (Å²) in [4.78, 5) is 0. The number of benzene rings is 1. The van der Waals surface area contributed by atoms with E-state index in [1.165, 1.54) is 6.07 Å². The second-order valence-electron chi connectivity index (χ2n) is 4.38. The molecule has 90 valence electrons. The fraction of sp³-hybridized carbons (Fsp3) is 0.571. The van der Waals surface area contributed by atoms with Crippen molar-refractivity contribution in [3.8, 4) is 0 Å². The SMILES string of the molecule is CCNC(CC)C(C)Cc1cccc(F)c1. The Morgan fingerprint density at radius 2 is 2.06 bits per heavy atom. The van der Waals surface area contributed by atoms with Crippen LogP contribution >= 0.6 is 0 Å². The van der Waals surface area contributed by atoms with Gasteiger partial charge in [-0.2, -0.15) is 0 Å². The molecule has 0 aliphatic carbocycles. The standard InChI is InChI=1S/C14H22FN/c1-4-14(16-5-2)11(3)9-12-7-6-8-13(15)10-12/h6-8,10-11,14,16H,4-5,9H2,1-3H3. The van der Waals surface area contributed by atoms with Gasteiger partial charge in [0.2, 0.25) is 0 Å². The number of hydrogen-bond acceptors (Lipinski definition) is 1. The first-order chi connectivity index (χ1) is 7.67. The fourth-order valence-corrected chi connectivity index (χ4v) is 2.19. The molecule has 0 aromatic heterocycles. The lowest BCUT2D eigenvalue weighted by molar-refractivity contribution is 0.370. The highest BCUT2D eigenvalue weighted by molar-refractivity contribution is 5.17. The minimum atomic E-state index is -0.138. The second-order valence-corrected chi connectivity index (χ2v) is 4.38. The topological polar surface area (TPSA) is 12.0 Å². The van der Waals surface area contributed by atoms with Gasteiger partial charge in [-0.3, -0.25) is 0 Å². The summed E-state index contributed by atoms with van der Waals surface area (Å²) in [5.74, 6) is 0.396. The van der Waals surface area contributed by atoms with Crippen LogP contribution in [-0.2, 0) is 6.42 Å². The molecule has 2 atom stereocenters. The molecule has 1 nitrogen and oxygen atoms in total. The van der Waals surface area contributed by atoms with Crippen molar-refractivity contribution in [2.24, 2.45) is 5.92 Å². The third-order valence-electron chi connectivity index (χ3n) is 3.04. The fourth-order valence-electron chi connectivity index (χ4n) is 2.19. The van der Waals surface area contributed by atoms with Crippen LogP contribution in [0.25, 0.3) is 0 Å². The molecule has 0 saturated heterocycles. The smallest absolute Gasteiger partial charge is 0.123 e. The minimum Gasteiger partial charge on any atom is -0.314 e. The van der Waals surface area contributed by atoms with Gasteiger partial charge in [0.05, 0.1) is 0 Å². The monoisotopic (exact) mass is 223 g/mol. The van der Waals surface area contributed by atoms with Crippen molar-refractivity contribution in [3.63, 3.8) is 0 Å². The highest BCUT2D eigenvalue weighted by Crippen LogP contribution is 2.15. The molecule has 0 bridgehead atoms. The summed E-state index contributed by atoms with van der Waals surface area (Å²) in [6.07, 6.45) is 2.05. The van der Waals surface area contributed by atoms with Crippen molar-refractivity contribution >= 4 is 0 Å². The first kappa shape index (κ1) is 13.2. The number of rotatable bonds is 6. The zero-order chi connectivity index (χ0) is 12.0. The normalized spacial score (nSPS) is 14.8. The van der Waals surface area contributed by atoms with Gasteiger partial charge in [0, 0.05) is 6.04 Å². The lowest BCUT2D eigenvalue weighted by Crippen LogP contribution is -2.35. The first-order valence-corrected chi connectivity index (χ1v) is 6.15. The number of nitrogens with one attached hydrogen (secondary N) is 1.